The number of aromatic nitrogens is 2. The molecule has 0 radical (unpaired) electrons. The van der Waals surface area contributed by atoms with E-state index < -0.39 is 17.7 Å². The van der Waals surface area contributed by atoms with Crippen molar-refractivity contribution in [1.82, 2.24) is 9.97 Å². The molecule has 0 bridgehead atoms. The van der Waals surface area contributed by atoms with Gasteiger partial charge in [0.2, 0.25) is 0 Å². The molecule has 194 valence electrons. The Morgan fingerprint density at radius 1 is 1.00 bits per heavy atom. The number of rotatable bonds is 7. The maximum atomic E-state index is 13.6. The number of ether oxygens (including phenoxy) is 2. The summed E-state index contributed by atoms with van der Waals surface area (Å²) in [5.74, 6) is -0.792. The lowest BCUT2D eigenvalue weighted by Crippen LogP contribution is -2.29. The van der Waals surface area contributed by atoms with Crippen LogP contribution in [0.5, 0.6) is 11.5 Å². The molecular formula is C29H27N3O5S. The third-order valence-electron chi connectivity index (χ3n) is 6.31. The fourth-order valence-electron chi connectivity index (χ4n) is 4.71. The molecule has 1 aliphatic rings. The van der Waals surface area contributed by atoms with Crippen molar-refractivity contribution >= 4 is 44.1 Å². The number of benzene rings is 2. The van der Waals surface area contributed by atoms with Gasteiger partial charge in [0.1, 0.15) is 5.76 Å². The van der Waals surface area contributed by atoms with E-state index in [0.717, 1.165) is 21.3 Å². The van der Waals surface area contributed by atoms with Gasteiger partial charge in [-0.25, -0.2) is 4.98 Å². The van der Waals surface area contributed by atoms with E-state index >= 15 is 0 Å². The average molecular weight is 530 g/mol. The summed E-state index contributed by atoms with van der Waals surface area (Å²) in [6, 6.07) is 11.6. The summed E-state index contributed by atoms with van der Waals surface area (Å²) in [5.41, 5.74) is 3.77. The third-order valence-corrected chi connectivity index (χ3v) is 7.31. The van der Waals surface area contributed by atoms with E-state index in [9.17, 15) is 14.7 Å². The van der Waals surface area contributed by atoms with E-state index in [1.807, 2.05) is 39.8 Å². The highest BCUT2D eigenvalue weighted by Gasteiger charge is 2.48. The highest BCUT2D eigenvalue weighted by Crippen LogP contribution is 2.46. The Balaban J connectivity index is 1.75. The Kier molecular flexibility index (Phi) is 6.86. The predicted octanol–water partition coefficient (Wildman–Crippen LogP) is 5.73. The fraction of sp³-hybridized carbons (Fsp3) is 0.241. The van der Waals surface area contributed by atoms with Crippen LogP contribution < -0.4 is 14.4 Å². The molecule has 1 saturated heterocycles. The second kappa shape index (κ2) is 10.3. The number of amides is 1. The zero-order valence-electron chi connectivity index (χ0n) is 21.5. The van der Waals surface area contributed by atoms with Crippen LogP contribution in [0.3, 0.4) is 0 Å². The molecule has 1 unspecified atom stereocenters. The van der Waals surface area contributed by atoms with Crippen LogP contribution in [-0.4, -0.2) is 40.0 Å². The summed E-state index contributed by atoms with van der Waals surface area (Å²) in [6.07, 6.45) is 3.03. The molecule has 5 rings (SSSR count). The monoisotopic (exact) mass is 529 g/mol. The number of hydrogen-bond donors (Lipinski definition) is 1. The van der Waals surface area contributed by atoms with Crippen molar-refractivity contribution in [2.24, 2.45) is 0 Å². The first-order chi connectivity index (χ1) is 18.3. The first-order valence-corrected chi connectivity index (χ1v) is 13.1. The molecule has 4 aromatic rings. The summed E-state index contributed by atoms with van der Waals surface area (Å²) in [5, 5.41) is 11.7. The quantitative estimate of drug-likeness (QED) is 0.185. The Hall–Kier alpha value is -4.24. The van der Waals surface area contributed by atoms with Crippen molar-refractivity contribution in [3.05, 3.63) is 82.7 Å². The molecule has 8 nitrogen and oxygen atoms in total. The lowest BCUT2D eigenvalue weighted by Gasteiger charge is -2.24. The maximum Gasteiger partial charge on any atom is 0.301 e. The van der Waals surface area contributed by atoms with Gasteiger partial charge in [-0.1, -0.05) is 23.5 Å². The van der Waals surface area contributed by atoms with Crippen LogP contribution in [0, 0.1) is 13.8 Å². The second-order valence-electron chi connectivity index (χ2n) is 8.90. The summed E-state index contributed by atoms with van der Waals surface area (Å²) < 4.78 is 12.5. The summed E-state index contributed by atoms with van der Waals surface area (Å²) in [6.45, 7) is 8.56. The first-order valence-electron chi connectivity index (χ1n) is 12.3. The number of hydrogen-bond acceptors (Lipinski definition) is 8. The average Bonchev–Trinajstić information content (AvgIpc) is 3.44. The molecule has 1 N–H and O–H groups in total. The van der Waals surface area contributed by atoms with Crippen LogP contribution in [0.4, 0.5) is 5.13 Å². The minimum absolute atomic E-state index is 0.0278. The summed E-state index contributed by atoms with van der Waals surface area (Å²) in [7, 11) is 0. The van der Waals surface area contributed by atoms with Crippen LogP contribution in [0.15, 0.2) is 60.4 Å². The van der Waals surface area contributed by atoms with Crippen LogP contribution in [0.1, 0.15) is 42.1 Å². The molecule has 1 amide bonds. The zero-order valence-corrected chi connectivity index (χ0v) is 22.3. The minimum atomic E-state index is -0.931. The van der Waals surface area contributed by atoms with Gasteiger partial charge in [0.25, 0.3) is 5.78 Å². The predicted molar refractivity (Wildman–Crippen MR) is 147 cm³/mol. The first kappa shape index (κ1) is 25.4. The van der Waals surface area contributed by atoms with Crippen LogP contribution in [-0.2, 0) is 9.59 Å². The van der Waals surface area contributed by atoms with Gasteiger partial charge in [-0.15, -0.1) is 0 Å². The standard InChI is InChI=1S/C29H27N3O5S/c1-5-36-20-8-7-19(15-21(20)37-6-2)25-23(26(33)18-9-11-30-12-10-18)27(34)28(35)32(25)29-31-24-17(4)13-16(3)14-22(24)38-29/h7-15,25,33H,5-6H2,1-4H3/b26-23+. The number of fused-ring (bicyclic) bond motifs is 1. The van der Waals surface area contributed by atoms with Crippen molar-refractivity contribution in [3.63, 3.8) is 0 Å². The molecule has 9 heteroatoms. The number of pyridine rings is 1. The number of carbonyl (C=O) groups is 2. The largest absolute Gasteiger partial charge is 0.507 e. The fourth-order valence-corrected chi connectivity index (χ4v) is 5.88. The van der Waals surface area contributed by atoms with Gasteiger partial charge in [-0.2, -0.15) is 0 Å². The molecule has 0 spiro atoms. The number of aliphatic hydroxyl groups excluding tert-OH is 1. The minimum Gasteiger partial charge on any atom is -0.507 e. The molecule has 1 atom stereocenters. The normalized spacial score (nSPS) is 16.8. The van der Waals surface area contributed by atoms with Gasteiger partial charge in [-0.05, 0) is 74.7 Å². The van der Waals surface area contributed by atoms with Crippen LogP contribution in [0.25, 0.3) is 16.0 Å². The van der Waals surface area contributed by atoms with Crippen molar-refractivity contribution < 1.29 is 24.2 Å². The molecule has 38 heavy (non-hydrogen) atoms. The topological polar surface area (TPSA) is 102 Å². The van der Waals surface area contributed by atoms with Crippen molar-refractivity contribution in [2.45, 2.75) is 33.7 Å². The summed E-state index contributed by atoms with van der Waals surface area (Å²) in [4.78, 5) is 37.2. The van der Waals surface area contributed by atoms with Gasteiger partial charge >= 0.3 is 5.91 Å². The highest BCUT2D eigenvalue weighted by atomic mass is 32.1. The Bertz CT molecular complexity index is 1580. The van der Waals surface area contributed by atoms with E-state index in [2.05, 4.69) is 4.98 Å². The molecular weight excluding hydrogens is 502 g/mol. The van der Waals surface area contributed by atoms with Gasteiger partial charge in [-0.3, -0.25) is 19.5 Å². The van der Waals surface area contributed by atoms with Crippen molar-refractivity contribution in [2.75, 3.05) is 18.1 Å². The number of carbonyl (C=O) groups excluding carboxylic acids is 2. The number of nitrogens with zero attached hydrogens (tertiary/aromatic N) is 3. The Morgan fingerprint density at radius 3 is 2.42 bits per heavy atom. The van der Waals surface area contributed by atoms with Gasteiger partial charge < -0.3 is 14.6 Å². The molecule has 1 aliphatic heterocycles. The number of aliphatic hydroxyl groups is 1. The number of thiazole rings is 1. The van der Waals surface area contributed by atoms with Crippen molar-refractivity contribution in [3.8, 4) is 11.5 Å². The molecule has 0 aliphatic carbocycles. The van der Waals surface area contributed by atoms with Gasteiger partial charge in [0.05, 0.1) is 35.0 Å². The Labute approximate surface area is 224 Å². The smallest absolute Gasteiger partial charge is 0.301 e. The molecule has 2 aromatic carbocycles. The molecule has 3 heterocycles. The van der Waals surface area contributed by atoms with Gasteiger partial charge in [0.15, 0.2) is 16.6 Å². The Morgan fingerprint density at radius 2 is 1.71 bits per heavy atom. The maximum absolute atomic E-state index is 13.6. The number of ketones is 1. The molecule has 2 aromatic heterocycles. The molecule has 0 saturated carbocycles. The number of aryl methyl sites for hydroxylation is 2. The third kappa shape index (κ3) is 4.39. The van der Waals surface area contributed by atoms with Crippen LogP contribution in [0.2, 0.25) is 0 Å². The SMILES string of the molecule is CCOc1ccc(C2/C(=C(\O)c3ccncc3)C(=O)C(=O)N2c2nc3c(C)cc(C)cc3s2)cc1OCC. The number of anilines is 1. The summed E-state index contributed by atoms with van der Waals surface area (Å²) >= 11 is 1.33. The van der Waals surface area contributed by atoms with E-state index in [1.54, 1.807) is 30.3 Å². The van der Waals surface area contributed by atoms with E-state index in [1.165, 1.54) is 28.6 Å². The van der Waals surface area contributed by atoms with E-state index in [-0.39, 0.29) is 11.3 Å². The zero-order chi connectivity index (χ0) is 27.0. The van der Waals surface area contributed by atoms with E-state index in [0.29, 0.717) is 41.0 Å². The highest BCUT2D eigenvalue weighted by molar-refractivity contribution is 7.22. The van der Waals surface area contributed by atoms with Crippen LogP contribution >= 0.6 is 11.3 Å². The van der Waals surface area contributed by atoms with Gasteiger partial charge in [0, 0.05) is 18.0 Å². The second-order valence-corrected chi connectivity index (χ2v) is 9.91. The molecule has 1 fully saturated rings. The van der Waals surface area contributed by atoms with E-state index in [4.69, 9.17) is 14.5 Å². The van der Waals surface area contributed by atoms with Crippen molar-refractivity contribution in [1.29, 1.82) is 0 Å². The lowest BCUT2D eigenvalue weighted by molar-refractivity contribution is -0.132. The lowest BCUT2D eigenvalue weighted by atomic mass is 9.95. The number of Topliss-reactive ketones (excluding diaryl/α,β-unsaturated/α-hetero) is 1.